The van der Waals surface area contributed by atoms with E-state index in [4.69, 9.17) is 9.47 Å². The number of amides is 2. The van der Waals surface area contributed by atoms with E-state index in [9.17, 15) is 9.59 Å². The van der Waals surface area contributed by atoms with Crippen molar-refractivity contribution in [2.75, 3.05) is 41.0 Å². The molecule has 0 saturated carbocycles. The van der Waals surface area contributed by atoms with Crippen LogP contribution in [-0.4, -0.2) is 74.7 Å². The van der Waals surface area contributed by atoms with Gasteiger partial charge in [0.25, 0.3) is 0 Å². The maximum atomic E-state index is 13.0. The number of carbonyl (C=O) groups excluding carboxylic acids is 2. The van der Waals surface area contributed by atoms with Crippen molar-refractivity contribution in [2.24, 2.45) is 0 Å². The van der Waals surface area contributed by atoms with E-state index in [0.29, 0.717) is 19.7 Å². The molecule has 1 aliphatic heterocycles. The van der Waals surface area contributed by atoms with Crippen LogP contribution in [0.4, 0.5) is 0 Å². The molecule has 0 spiro atoms. The van der Waals surface area contributed by atoms with Gasteiger partial charge in [-0.25, -0.2) is 0 Å². The van der Waals surface area contributed by atoms with Crippen molar-refractivity contribution >= 4 is 11.8 Å². The van der Waals surface area contributed by atoms with Crippen LogP contribution in [0.5, 0.6) is 5.75 Å². The van der Waals surface area contributed by atoms with Crippen molar-refractivity contribution in [2.45, 2.75) is 25.6 Å². The van der Waals surface area contributed by atoms with Crippen molar-refractivity contribution in [3.8, 4) is 5.75 Å². The zero-order valence-electron chi connectivity index (χ0n) is 15.3. The standard InChI is InChI=1S/C18H27N3O4/c1-13(19-17(22)12-24-4)18(23)21-9-14-7-5-6-8-16(14)25-11-15(21)10-20(2)3/h5-8,13,15H,9-12H2,1-4H3,(H,19,22). The molecule has 2 rings (SSSR count). The normalized spacial score (nSPS) is 18.1. The van der Waals surface area contributed by atoms with E-state index in [0.717, 1.165) is 11.3 Å². The smallest absolute Gasteiger partial charge is 0.246 e. The molecule has 0 fully saturated rings. The van der Waals surface area contributed by atoms with Gasteiger partial charge >= 0.3 is 0 Å². The fourth-order valence-electron chi connectivity index (χ4n) is 2.92. The monoisotopic (exact) mass is 349 g/mol. The third kappa shape index (κ3) is 5.17. The lowest BCUT2D eigenvalue weighted by molar-refractivity contribution is -0.139. The molecule has 1 N–H and O–H groups in total. The number of hydrogen-bond acceptors (Lipinski definition) is 5. The van der Waals surface area contributed by atoms with Crippen LogP contribution in [0.2, 0.25) is 0 Å². The van der Waals surface area contributed by atoms with Crippen LogP contribution < -0.4 is 10.1 Å². The number of ether oxygens (including phenoxy) is 2. The molecule has 7 nitrogen and oxygen atoms in total. The Balaban J connectivity index is 2.19. The van der Waals surface area contributed by atoms with Crippen LogP contribution in [-0.2, 0) is 20.9 Å². The molecule has 1 aromatic rings. The Morgan fingerprint density at radius 3 is 2.80 bits per heavy atom. The minimum Gasteiger partial charge on any atom is -0.491 e. The molecule has 1 aliphatic rings. The first-order valence-corrected chi connectivity index (χ1v) is 8.36. The fraction of sp³-hybridized carbons (Fsp3) is 0.556. The number of nitrogens with one attached hydrogen (secondary N) is 1. The molecule has 7 heteroatoms. The lowest BCUT2D eigenvalue weighted by atomic mass is 10.1. The average Bonchev–Trinajstić information content (AvgIpc) is 2.73. The second kappa shape index (κ2) is 8.82. The van der Waals surface area contributed by atoms with Crippen molar-refractivity contribution in [1.29, 1.82) is 0 Å². The average molecular weight is 349 g/mol. The second-order valence-corrected chi connectivity index (χ2v) is 6.52. The summed E-state index contributed by atoms with van der Waals surface area (Å²) >= 11 is 0. The summed E-state index contributed by atoms with van der Waals surface area (Å²) in [5.41, 5.74) is 0.965. The van der Waals surface area contributed by atoms with E-state index >= 15 is 0 Å². The summed E-state index contributed by atoms with van der Waals surface area (Å²) in [5.74, 6) is 0.369. The van der Waals surface area contributed by atoms with Crippen LogP contribution in [0.1, 0.15) is 12.5 Å². The van der Waals surface area contributed by atoms with Crippen LogP contribution in [0.25, 0.3) is 0 Å². The van der Waals surface area contributed by atoms with Crippen LogP contribution in [0.15, 0.2) is 24.3 Å². The molecule has 0 radical (unpaired) electrons. The first kappa shape index (κ1) is 19.2. The summed E-state index contributed by atoms with van der Waals surface area (Å²) in [4.78, 5) is 28.5. The number of nitrogens with zero attached hydrogens (tertiary/aromatic N) is 2. The van der Waals surface area contributed by atoms with Gasteiger partial charge in [0.15, 0.2) is 0 Å². The van der Waals surface area contributed by atoms with Crippen molar-refractivity contribution in [3.05, 3.63) is 29.8 Å². The second-order valence-electron chi connectivity index (χ2n) is 6.52. The van der Waals surface area contributed by atoms with Crippen LogP contribution in [0, 0.1) is 0 Å². The Morgan fingerprint density at radius 2 is 2.12 bits per heavy atom. The minimum absolute atomic E-state index is 0.0648. The minimum atomic E-state index is -0.627. The molecule has 2 unspecified atom stereocenters. The van der Waals surface area contributed by atoms with E-state index in [2.05, 4.69) is 5.32 Å². The molecule has 1 aromatic carbocycles. The molecule has 2 amide bonds. The van der Waals surface area contributed by atoms with Crippen molar-refractivity contribution < 1.29 is 19.1 Å². The molecular weight excluding hydrogens is 322 g/mol. The molecular formula is C18H27N3O4. The highest BCUT2D eigenvalue weighted by Crippen LogP contribution is 2.25. The maximum absolute atomic E-state index is 13.0. The number of benzene rings is 1. The zero-order chi connectivity index (χ0) is 18.4. The highest BCUT2D eigenvalue weighted by molar-refractivity contribution is 5.88. The number of carbonyl (C=O) groups is 2. The number of para-hydroxylation sites is 1. The molecule has 1 heterocycles. The van der Waals surface area contributed by atoms with Crippen LogP contribution >= 0.6 is 0 Å². The summed E-state index contributed by atoms with van der Waals surface area (Å²) in [6, 6.07) is 7.00. The van der Waals surface area contributed by atoms with Gasteiger partial charge < -0.3 is 24.6 Å². The lowest BCUT2D eigenvalue weighted by Gasteiger charge is -2.33. The van der Waals surface area contributed by atoms with Crippen LogP contribution in [0.3, 0.4) is 0 Å². The van der Waals surface area contributed by atoms with E-state index in [1.165, 1.54) is 7.11 Å². The molecule has 0 aromatic heterocycles. The first-order valence-electron chi connectivity index (χ1n) is 8.36. The van der Waals surface area contributed by atoms with E-state index in [1.807, 2.05) is 43.3 Å². The van der Waals surface area contributed by atoms with E-state index in [-0.39, 0.29) is 24.5 Å². The molecule has 0 saturated heterocycles. The third-order valence-corrected chi connectivity index (χ3v) is 4.07. The fourth-order valence-corrected chi connectivity index (χ4v) is 2.92. The van der Waals surface area contributed by atoms with Gasteiger partial charge in [0.05, 0.1) is 6.04 Å². The van der Waals surface area contributed by atoms with Gasteiger partial charge in [0.1, 0.15) is 25.0 Å². The predicted molar refractivity (Wildman–Crippen MR) is 94.3 cm³/mol. The summed E-state index contributed by atoms with van der Waals surface area (Å²) in [6.07, 6.45) is 0. The van der Waals surface area contributed by atoms with E-state index in [1.54, 1.807) is 11.8 Å². The van der Waals surface area contributed by atoms with Crippen molar-refractivity contribution in [1.82, 2.24) is 15.1 Å². The van der Waals surface area contributed by atoms with Gasteiger partial charge in [0.2, 0.25) is 11.8 Å². The van der Waals surface area contributed by atoms with Gasteiger partial charge in [-0.05, 0) is 27.1 Å². The molecule has 2 atom stereocenters. The van der Waals surface area contributed by atoms with Gasteiger partial charge in [-0.15, -0.1) is 0 Å². The van der Waals surface area contributed by atoms with E-state index < -0.39 is 6.04 Å². The van der Waals surface area contributed by atoms with Gasteiger partial charge in [-0.1, -0.05) is 18.2 Å². The summed E-state index contributed by atoms with van der Waals surface area (Å²) in [6.45, 7) is 3.18. The number of rotatable bonds is 6. The predicted octanol–water partition coefficient (Wildman–Crippen LogP) is 0.489. The Bertz CT molecular complexity index is 606. The number of likely N-dealkylation sites (N-methyl/N-ethyl adjacent to an activating group) is 1. The Hall–Kier alpha value is -2.12. The third-order valence-electron chi connectivity index (χ3n) is 4.07. The summed E-state index contributed by atoms with van der Waals surface area (Å²) in [7, 11) is 5.37. The maximum Gasteiger partial charge on any atom is 0.246 e. The Labute approximate surface area is 148 Å². The molecule has 25 heavy (non-hydrogen) atoms. The Kier molecular flexibility index (Phi) is 6.78. The number of hydrogen-bond donors (Lipinski definition) is 1. The molecule has 0 bridgehead atoms. The molecule has 138 valence electrons. The van der Waals surface area contributed by atoms with Gasteiger partial charge in [-0.2, -0.15) is 0 Å². The highest BCUT2D eigenvalue weighted by atomic mass is 16.5. The largest absolute Gasteiger partial charge is 0.491 e. The SMILES string of the molecule is COCC(=O)NC(C)C(=O)N1Cc2ccccc2OCC1CN(C)C. The topological polar surface area (TPSA) is 71.1 Å². The highest BCUT2D eigenvalue weighted by Gasteiger charge is 2.32. The zero-order valence-corrected chi connectivity index (χ0v) is 15.3. The van der Waals surface area contributed by atoms with Gasteiger partial charge in [0, 0.05) is 25.8 Å². The Morgan fingerprint density at radius 1 is 1.40 bits per heavy atom. The quantitative estimate of drug-likeness (QED) is 0.809. The van der Waals surface area contributed by atoms with Crippen molar-refractivity contribution in [3.63, 3.8) is 0 Å². The first-order chi connectivity index (χ1) is 11.9. The number of methoxy groups -OCH3 is 1. The summed E-state index contributed by atoms with van der Waals surface area (Å²) < 4.78 is 10.7. The lowest BCUT2D eigenvalue weighted by Crippen LogP contribution is -2.54. The summed E-state index contributed by atoms with van der Waals surface area (Å²) in [5, 5.41) is 2.69. The molecule has 0 aliphatic carbocycles. The number of fused-ring (bicyclic) bond motifs is 1. The van der Waals surface area contributed by atoms with Gasteiger partial charge in [-0.3, -0.25) is 9.59 Å².